The second-order valence-corrected chi connectivity index (χ2v) is 5.11. The predicted molar refractivity (Wildman–Crippen MR) is 67.3 cm³/mol. The van der Waals surface area contributed by atoms with Crippen molar-refractivity contribution in [3.63, 3.8) is 0 Å². The van der Waals surface area contributed by atoms with Gasteiger partial charge < -0.3 is 14.6 Å². The SMILES string of the molecule is CNC1C(=O)N(Cc2nnco2)CCc2ncsc21. The van der Waals surface area contributed by atoms with Crippen LogP contribution in [0.4, 0.5) is 0 Å². The number of nitrogens with one attached hydrogen (secondary N) is 1. The molecule has 1 amide bonds. The summed E-state index contributed by atoms with van der Waals surface area (Å²) < 4.78 is 5.10. The number of hydrogen-bond acceptors (Lipinski definition) is 7. The molecule has 0 fully saturated rings. The molecular weight excluding hydrogens is 266 g/mol. The molecule has 0 aromatic carbocycles. The Labute approximate surface area is 113 Å². The van der Waals surface area contributed by atoms with Gasteiger partial charge in [-0.2, -0.15) is 0 Å². The molecule has 1 atom stereocenters. The second-order valence-electron chi connectivity index (χ2n) is 4.23. The van der Waals surface area contributed by atoms with Gasteiger partial charge in [0.1, 0.15) is 6.04 Å². The molecule has 0 aliphatic carbocycles. The summed E-state index contributed by atoms with van der Waals surface area (Å²) in [6.45, 7) is 0.947. The van der Waals surface area contributed by atoms with Crippen LogP contribution in [0.2, 0.25) is 0 Å². The number of carbonyl (C=O) groups is 1. The fourth-order valence-electron chi connectivity index (χ4n) is 2.19. The minimum Gasteiger partial charge on any atom is -0.426 e. The number of carbonyl (C=O) groups excluding carboxylic acids is 1. The Morgan fingerprint density at radius 3 is 3.26 bits per heavy atom. The smallest absolute Gasteiger partial charge is 0.245 e. The van der Waals surface area contributed by atoms with E-state index in [1.807, 2.05) is 0 Å². The van der Waals surface area contributed by atoms with E-state index in [1.54, 1.807) is 17.5 Å². The van der Waals surface area contributed by atoms with Gasteiger partial charge in [-0.1, -0.05) is 0 Å². The largest absolute Gasteiger partial charge is 0.426 e. The summed E-state index contributed by atoms with van der Waals surface area (Å²) in [6, 6.07) is -0.340. The topological polar surface area (TPSA) is 84.2 Å². The van der Waals surface area contributed by atoms with Gasteiger partial charge in [0.15, 0.2) is 0 Å². The Morgan fingerprint density at radius 1 is 1.63 bits per heavy atom. The molecule has 8 heteroatoms. The Morgan fingerprint density at radius 2 is 2.53 bits per heavy atom. The van der Waals surface area contributed by atoms with E-state index in [9.17, 15) is 4.79 Å². The maximum absolute atomic E-state index is 12.5. The van der Waals surface area contributed by atoms with Crippen molar-refractivity contribution in [2.75, 3.05) is 13.6 Å². The average Bonchev–Trinajstić information content (AvgIpc) is 3.04. The summed E-state index contributed by atoms with van der Waals surface area (Å²) in [5, 5.41) is 10.5. The molecule has 1 unspecified atom stereocenters. The van der Waals surface area contributed by atoms with E-state index in [1.165, 1.54) is 17.7 Å². The van der Waals surface area contributed by atoms with Gasteiger partial charge in [-0.25, -0.2) is 4.98 Å². The zero-order chi connectivity index (χ0) is 13.2. The van der Waals surface area contributed by atoms with Crippen LogP contribution in [0.1, 0.15) is 22.5 Å². The highest BCUT2D eigenvalue weighted by Crippen LogP contribution is 2.27. The first-order chi connectivity index (χ1) is 9.29. The number of hydrogen-bond donors (Lipinski definition) is 1. The second kappa shape index (κ2) is 5.06. The molecule has 3 rings (SSSR count). The number of rotatable bonds is 3. The van der Waals surface area contributed by atoms with E-state index in [2.05, 4.69) is 20.5 Å². The maximum Gasteiger partial charge on any atom is 0.245 e. The van der Waals surface area contributed by atoms with Crippen LogP contribution < -0.4 is 5.32 Å². The van der Waals surface area contributed by atoms with Crippen LogP contribution in [0.15, 0.2) is 16.3 Å². The zero-order valence-corrected chi connectivity index (χ0v) is 11.2. The van der Waals surface area contributed by atoms with Crippen LogP contribution in [0, 0.1) is 0 Å². The summed E-state index contributed by atoms with van der Waals surface area (Å²) in [5.41, 5.74) is 2.78. The molecule has 0 spiro atoms. The van der Waals surface area contributed by atoms with Gasteiger partial charge in [-0.15, -0.1) is 21.5 Å². The number of aromatic nitrogens is 3. The van der Waals surface area contributed by atoms with E-state index >= 15 is 0 Å². The van der Waals surface area contributed by atoms with Gasteiger partial charge in [0.2, 0.25) is 18.2 Å². The molecule has 3 heterocycles. The van der Waals surface area contributed by atoms with E-state index in [4.69, 9.17) is 4.42 Å². The van der Waals surface area contributed by atoms with E-state index < -0.39 is 0 Å². The van der Waals surface area contributed by atoms with Crippen LogP contribution in [0.3, 0.4) is 0 Å². The highest BCUT2D eigenvalue weighted by atomic mass is 32.1. The minimum atomic E-state index is -0.340. The first-order valence-electron chi connectivity index (χ1n) is 5.93. The third-order valence-corrected chi connectivity index (χ3v) is 4.07. The van der Waals surface area contributed by atoms with Gasteiger partial charge in [-0.3, -0.25) is 4.79 Å². The Kier molecular flexibility index (Phi) is 3.26. The third-order valence-electron chi connectivity index (χ3n) is 3.13. The van der Waals surface area contributed by atoms with Crippen molar-refractivity contribution in [2.45, 2.75) is 19.0 Å². The quantitative estimate of drug-likeness (QED) is 0.874. The normalized spacial score (nSPS) is 19.3. The minimum absolute atomic E-state index is 0.0173. The van der Waals surface area contributed by atoms with Crippen LogP contribution in [-0.2, 0) is 17.8 Å². The van der Waals surface area contributed by atoms with Crippen LogP contribution in [0.5, 0.6) is 0 Å². The number of nitrogens with zero attached hydrogens (tertiary/aromatic N) is 4. The number of likely N-dealkylation sites (N-methyl/N-ethyl adjacent to an activating group) is 1. The van der Waals surface area contributed by atoms with Gasteiger partial charge in [0, 0.05) is 13.0 Å². The van der Waals surface area contributed by atoms with Crippen molar-refractivity contribution in [1.82, 2.24) is 25.4 Å². The molecule has 1 aliphatic rings. The highest BCUT2D eigenvalue weighted by molar-refractivity contribution is 7.10. The summed E-state index contributed by atoms with van der Waals surface area (Å²) in [5.74, 6) is 0.463. The van der Waals surface area contributed by atoms with Crippen LogP contribution in [0.25, 0.3) is 0 Å². The number of fused-ring (bicyclic) bond motifs is 1. The Balaban J connectivity index is 1.85. The lowest BCUT2D eigenvalue weighted by Crippen LogP contribution is -2.38. The average molecular weight is 279 g/mol. The number of amides is 1. The van der Waals surface area contributed by atoms with Crippen molar-refractivity contribution in [3.05, 3.63) is 28.4 Å². The molecule has 0 saturated heterocycles. The molecule has 1 aliphatic heterocycles. The molecule has 100 valence electrons. The third kappa shape index (κ3) is 2.24. The lowest BCUT2D eigenvalue weighted by atomic mass is 10.2. The molecule has 1 N–H and O–H groups in total. The van der Waals surface area contributed by atoms with Crippen molar-refractivity contribution < 1.29 is 9.21 Å². The maximum atomic E-state index is 12.5. The molecular formula is C11H13N5O2S. The Hall–Kier alpha value is -1.80. The molecule has 0 radical (unpaired) electrons. The van der Waals surface area contributed by atoms with Gasteiger partial charge in [-0.05, 0) is 7.05 Å². The monoisotopic (exact) mass is 279 g/mol. The molecule has 2 aromatic rings. The van der Waals surface area contributed by atoms with E-state index in [0.717, 1.165) is 17.0 Å². The molecule has 2 aromatic heterocycles. The standard InChI is InChI=1S/C11H13N5O2S/c1-12-9-10-7(13-6-19-10)2-3-16(11(9)17)4-8-15-14-5-18-8/h5-6,9,12H,2-4H2,1H3. The summed E-state index contributed by atoms with van der Waals surface area (Å²) >= 11 is 1.51. The first-order valence-corrected chi connectivity index (χ1v) is 6.81. The van der Waals surface area contributed by atoms with E-state index in [0.29, 0.717) is 19.0 Å². The molecule has 0 bridgehead atoms. The van der Waals surface area contributed by atoms with E-state index in [-0.39, 0.29) is 11.9 Å². The van der Waals surface area contributed by atoms with Gasteiger partial charge in [0.25, 0.3) is 0 Å². The molecule has 7 nitrogen and oxygen atoms in total. The first kappa shape index (κ1) is 12.2. The van der Waals surface area contributed by atoms with Gasteiger partial charge >= 0.3 is 0 Å². The Bertz CT molecular complexity index is 567. The fourth-order valence-corrected chi connectivity index (χ4v) is 3.13. The van der Waals surface area contributed by atoms with Crippen molar-refractivity contribution >= 4 is 17.2 Å². The van der Waals surface area contributed by atoms with Gasteiger partial charge in [0.05, 0.1) is 22.6 Å². The summed E-state index contributed by atoms with van der Waals surface area (Å²) in [6.07, 6.45) is 2.02. The lowest BCUT2D eigenvalue weighted by Gasteiger charge is -2.22. The predicted octanol–water partition coefficient (Wildman–Crippen LogP) is 0.371. The van der Waals surface area contributed by atoms with Crippen LogP contribution >= 0.6 is 11.3 Å². The highest BCUT2D eigenvalue weighted by Gasteiger charge is 2.32. The van der Waals surface area contributed by atoms with Crippen molar-refractivity contribution in [2.24, 2.45) is 0 Å². The fraction of sp³-hybridized carbons (Fsp3) is 0.455. The summed E-state index contributed by atoms with van der Waals surface area (Å²) in [7, 11) is 1.78. The van der Waals surface area contributed by atoms with Crippen molar-refractivity contribution in [3.8, 4) is 0 Å². The lowest BCUT2D eigenvalue weighted by molar-refractivity contribution is -0.134. The number of thiazole rings is 1. The zero-order valence-electron chi connectivity index (χ0n) is 10.4. The van der Waals surface area contributed by atoms with Crippen LogP contribution in [-0.4, -0.2) is 39.6 Å². The summed E-state index contributed by atoms with van der Waals surface area (Å²) in [4.78, 5) is 19.6. The van der Waals surface area contributed by atoms with Crippen molar-refractivity contribution in [1.29, 1.82) is 0 Å². The molecule has 19 heavy (non-hydrogen) atoms. The molecule has 0 saturated carbocycles.